The molecule has 0 heterocycles. The highest BCUT2D eigenvalue weighted by Crippen LogP contribution is 2.42. The molecule has 1 fully saturated rings. The van der Waals surface area contributed by atoms with Crippen molar-refractivity contribution in [2.75, 3.05) is 12.4 Å². The first-order valence-electron chi connectivity index (χ1n) is 10.1. The minimum atomic E-state index is -4.56. The van der Waals surface area contributed by atoms with Crippen LogP contribution in [0.1, 0.15) is 49.3 Å². The molecule has 0 aliphatic heterocycles. The van der Waals surface area contributed by atoms with Crippen LogP contribution in [0.2, 0.25) is 10.0 Å². The Balaban J connectivity index is 1.90. The molecule has 2 aromatic carbocycles. The number of methoxy groups -OCH3 is 1. The molecule has 0 saturated heterocycles. The van der Waals surface area contributed by atoms with E-state index >= 15 is 0 Å². The van der Waals surface area contributed by atoms with Crippen LogP contribution in [0.15, 0.2) is 42.5 Å². The molecule has 8 heteroatoms. The van der Waals surface area contributed by atoms with E-state index in [9.17, 15) is 18.0 Å². The van der Waals surface area contributed by atoms with Crippen LogP contribution in [0.25, 0.3) is 0 Å². The van der Waals surface area contributed by atoms with Crippen LogP contribution in [0.4, 0.5) is 18.9 Å². The van der Waals surface area contributed by atoms with E-state index in [1.165, 1.54) is 24.3 Å². The van der Waals surface area contributed by atoms with Crippen LogP contribution in [0.5, 0.6) is 0 Å². The van der Waals surface area contributed by atoms with Gasteiger partial charge in [-0.1, -0.05) is 54.7 Å². The fraction of sp³-hybridized carbons (Fsp3) is 0.435. The Kier molecular flexibility index (Phi) is 7.55. The van der Waals surface area contributed by atoms with Crippen molar-refractivity contribution in [1.82, 2.24) is 0 Å². The van der Waals surface area contributed by atoms with Crippen molar-refractivity contribution in [3.05, 3.63) is 63.6 Å². The van der Waals surface area contributed by atoms with Gasteiger partial charge in [0, 0.05) is 12.1 Å². The monoisotopic (exact) mass is 473 g/mol. The van der Waals surface area contributed by atoms with Gasteiger partial charge in [0.05, 0.1) is 28.6 Å². The van der Waals surface area contributed by atoms with Gasteiger partial charge in [-0.15, -0.1) is 0 Å². The first kappa shape index (κ1) is 23.9. The molecule has 168 valence electrons. The first-order chi connectivity index (χ1) is 14.6. The third kappa shape index (κ3) is 5.54. The fourth-order valence-corrected chi connectivity index (χ4v) is 4.19. The lowest BCUT2D eigenvalue weighted by Crippen LogP contribution is -2.34. The highest BCUT2D eigenvalue weighted by Gasteiger charge is 2.45. The molecule has 3 atom stereocenters. The predicted molar refractivity (Wildman–Crippen MR) is 117 cm³/mol. The quantitative estimate of drug-likeness (QED) is 0.454. The molecule has 0 radical (unpaired) electrons. The van der Waals surface area contributed by atoms with Gasteiger partial charge < -0.3 is 10.1 Å². The van der Waals surface area contributed by atoms with Gasteiger partial charge in [0.2, 0.25) is 5.91 Å². The average molecular weight is 474 g/mol. The maximum Gasteiger partial charge on any atom is 0.392 e. The summed E-state index contributed by atoms with van der Waals surface area (Å²) >= 11 is 12.1. The van der Waals surface area contributed by atoms with E-state index in [1.54, 1.807) is 19.2 Å². The Labute approximate surface area is 189 Å². The summed E-state index contributed by atoms with van der Waals surface area (Å²) in [6.45, 7) is 0.994. The minimum absolute atomic E-state index is 0.150. The van der Waals surface area contributed by atoms with Gasteiger partial charge in [0.25, 0.3) is 0 Å². The van der Waals surface area contributed by atoms with Gasteiger partial charge in [0.1, 0.15) is 0 Å². The number of halogens is 5. The van der Waals surface area contributed by atoms with Crippen LogP contribution < -0.4 is 5.32 Å². The molecule has 1 aliphatic carbocycles. The number of alkyl halides is 3. The number of carbonyl (C=O) groups is 1. The molecule has 1 unspecified atom stereocenters. The van der Waals surface area contributed by atoms with Gasteiger partial charge in [-0.05, 0) is 54.2 Å². The van der Waals surface area contributed by atoms with E-state index in [4.69, 9.17) is 27.9 Å². The fourth-order valence-electron chi connectivity index (χ4n) is 3.90. The zero-order chi connectivity index (χ0) is 22.8. The summed E-state index contributed by atoms with van der Waals surface area (Å²) in [5.74, 6) is -3.77. The van der Waals surface area contributed by atoms with Crippen molar-refractivity contribution in [2.24, 2.45) is 11.8 Å². The Bertz CT molecular complexity index is 914. The molecule has 0 bridgehead atoms. The zero-order valence-corrected chi connectivity index (χ0v) is 18.7. The van der Waals surface area contributed by atoms with Crippen LogP contribution in [-0.4, -0.2) is 19.2 Å². The largest absolute Gasteiger partial charge is 0.392 e. The van der Waals surface area contributed by atoms with Crippen LogP contribution in [0, 0.1) is 11.8 Å². The standard InChI is InChI=1S/C23H24Cl2F3NO2/c1-13(23(26,27)28)20(14-6-9-17(24)10-7-14)22(30)29-19-12-16(8-11-18(19)25)21(31-2)15-4-3-5-15/h6-13,15,20-21H,3-5H2,1-2H3,(H,29,30)/t13-,20+,21?/m1/s1. The molecule has 1 N–H and O–H groups in total. The lowest BCUT2D eigenvalue weighted by atomic mass is 9.78. The average Bonchev–Trinajstić information content (AvgIpc) is 2.67. The van der Waals surface area contributed by atoms with Gasteiger partial charge in [0.15, 0.2) is 0 Å². The lowest BCUT2D eigenvalue weighted by molar-refractivity contribution is -0.178. The summed E-state index contributed by atoms with van der Waals surface area (Å²) in [5, 5.41) is 3.23. The number of carbonyl (C=O) groups excluding carboxylic acids is 1. The first-order valence-corrected chi connectivity index (χ1v) is 10.8. The smallest absolute Gasteiger partial charge is 0.376 e. The van der Waals surface area contributed by atoms with Crippen molar-refractivity contribution in [1.29, 1.82) is 0 Å². The molecular formula is C23H24Cl2F3NO2. The molecule has 3 nitrogen and oxygen atoms in total. The summed E-state index contributed by atoms with van der Waals surface area (Å²) in [7, 11) is 1.62. The van der Waals surface area contributed by atoms with Crippen molar-refractivity contribution in [2.45, 2.75) is 44.4 Å². The van der Waals surface area contributed by atoms with E-state index in [1.807, 2.05) is 6.07 Å². The summed E-state index contributed by atoms with van der Waals surface area (Å²) in [5.41, 5.74) is 1.32. The van der Waals surface area contributed by atoms with E-state index in [-0.39, 0.29) is 22.4 Å². The van der Waals surface area contributed by atoms with Crippen molar-refractivity contribution < 1.29 is 22.7 Å². The van der Waals surface area contributed by atoms with Crippen molar-refractivity contribution >= 4 is 34.8 Å². The highest BCUT2D eigenvalue weighted by molar-refractivity contribution is 6.33. The SMILES string of the molecule is COC(c1ccc(Cl)c(NC(=O)[C@H](c2ccc(Cl)cc2)[C@@H](C)C(F)(F)F)c1)C1CCC1. The molecule has 1 saturated carbocycles. The minimum Gasteiger partial charge on any atom is -0.376 e. The molecule has 31 heavy (non-hydrogen) atoms. The predicted octanol–water partition coefficient (Wildman–Crippen LogP) is 7.40. The summed E-state index contributed by atoms with van der Waals surface area (Å²) in [6.07, 6.45) is -1.48. The van der Waals surface area contributed by atoms with E-state index < -0.39 is 23.9 Å². The number of ether oxygens (including phenoxy) is 1. The molecular weight excluding hydrogens is 450 g/mol. The Morgan fingerprint density at radius 1 is 1.10 bits per heavy atom. The number of hydrogen-bond donors (Lipinski definition) is 1. The maximum absolute atomic E-state index is 13.5. The van der Waals surface area contributed by atoms with E-state index in [2.05, 4.69) is 5.32 Å². The second kappa shape index (κ2) is 9.80. The number of anilines is 1. The van der Waals surface area contributed by atoms with Gasteiger partial charge in [-0.25, -0.2) is 0 Å². The topological polar surface area (TPSA) is 38.3 Å². The summed E-state index contributed by atoms with van der Waals surface area (Å²) in [6, 6.07) is 10.9. The second-order valence-corrected chi connectivity index (χ2v) is 8.78. The Morgan fingerprint density at radius 2 is 1.71 bits per heavy atom. The normalized spacial score (nSPS) is 17.5. The van der Waals surface area contributed by atoms with E-state index in [0.29, 0.717) is 10.9 Å². The molecule has 3 rings (SSSR count). The molecule has 0 spiro atoms. The second-order valence-electron chi connectivity index (χ2n) is 7.94. The van der Waals surface area contributed by atoms with Crippen LogP contribution >= 0.6 is 23.2 Å². The molecule has 1 amide bonds. The number of nitrogens with one attached hydrogen (secondary N) is 1. The molecule has 0 aromatic heterocycles. The summed E-state index contributed by atoms with van der Waals surface area (Å²) in [4.78, 5) is 13.1. The maximum atomic E-state index is 13.5. The number of rotatable bonds is 7. The Morgan fingerprint density at radius 3 is 2.23 bits per heavy atom. The molecule has 2 aromatic rings. The number of hydrogen-bond acceptors (Lipinski definition) is 2. The Hall–Kier alpha value is -1.76. The van der Waals surface area contributed by atoms with Gasteiger partial charge in [-0.3, -0.25) is 4.79 Å². The third-order valence-electron chi connectivity index (χ3n) is 5.94. The van der Waals surface area contributed by atoms with Crippen molar-refractivity contribution in [3.8, 4) is 0 Å². The van der Waals surface area contributed by atoms with Crippen LogP contribution in [-0.2, 0) is 9.53 Å². The third-order valence-corrected chi connectivity index (χ3v) is 6.52. The number of amides is 1. The van der Waals surface area contributed by atoms with Gasteiger partial charge in [-0.2, -0.15) is 13.2 Å². The number of benzene rings is 2. The highest BCUT2D eigenvalue weighted by atomic mass is 35.5. The van der Waals surface area contributed by atoms with Gasteiger partial charge >= 0.3 is 6.18 Å². The van der Waals surface area contributed by atoms with E-state index in [0.717, 1.165) is 31.7 Å². The van der Waals surface area contributed by atoms with Crippen LogP contribution in [0.3, 0.4) is 0 Å². The molecule has 1 aliphatic rings. The summed E-state index contributed by atoms with van der Waals surface area (Å²) < 4.78 is 46.3. The zero-order valence-electron chi connectivity index (χ0n) is 17.2. The van der Waals surface area contributed by atoms with Crippen molar-refractivity contribution in [3.63, 3.8) is 0 Å². The lowest BCUT2D eigenvalue weighted by Gasteiger charge is -2.33.